The smallest absolute Gasteiger partial charge is 0.255 e. The van der Waals surface area contributed by atoms with Crippen LogP contribution in [0, 0.1) is 11.8 Å². The fraction of sp³-hybridized carbons (Fsp3) is 0.222. The van der Waals surface area contributed by atoms with Gasteiger partial charge in [-0.3, -0.25) is 4.79 Å². The Kier molecular flexibility index (Phi) is 3.61. The lowest BCUT2D eigenvalue weighted by atomic mass is 10.3. The van der Waals surface area contributed by atoms with E-state index in [-0.39, 0.29) is 19.1 Å². The van der Waals surface area contributed by atoms with Crippen LogP contribution in [0.1, 0.15) is 10.4 Å². The van der Waals surface area contributed by atoms with Crippen LogP contribution in [-0.4, -0.2) is 24.2 Å². The molecule has 0 aliphatic heterocycles. The summed E-state index contributed by atoms with van der Waals surface area (Å²) in [7, 11) is 0. The molecule has 0 unspecified atom stereocenters. The van der Waals surface area contributed by atoms with Crippen LogP contribution in [0.25, 0.3) is 0 Å². The zero-order valence-electron chi connectivity index (χ0n) is 6.91. The van der Waals surface area contributed by atoms with Gasteiger partial charge in [-0.2, -0.15) is 0 Å². The molecule has 68 valence electrons. The van der Waals surface area contributed by atoms with Gasteiger partial charge in [0.05, 0.1) is 18.4 Å². The number of hydrogen-bond acceptors (Lipinski definition) is 3. The van der Waals surface area contributed by atoms with Crippen molar-refractivity contribution in [1.29, 1.82) is 0 Å². The van der Waals surface area contributed by atoms with Gasteiger partial charge in [-0.25, -0.2) is 0 Å². The molecule has 1 rings (SSSR count). The Morgan fingerprint density at radius 3 is 3.08 bits per heavy atom. The molecule has 0 radical (unpaired) electrons. The van der Waals surface area contributed by atoms with E-state index in [2.05, 4.69) is 17.2 Å². The van der Waals surface area contributed by atoms with Gasteiger partial charge in [0, 0.05) is 0 Å². The molecular weight excluding hydrogens is 170 g/mol. The van der Waals surface area contributed by atoms with E-state index in [4.69, 9.17) is 9.52 Å². The summed E-state index contributed by atoms with van der Waals surface area (Å²) in [4.78, 5) is 11.2. The largest absolute Gasteiger partial charge is 0.472 e. The van der Waals surface area contributed by atoms with Crippen molar-refractivity contribution in [2.45, 2.75) is 0 Å². The molecule has 0 atom stereocenters. The van der Waals surface area contributed by atoms with Crippen LogP contribution < -0.4 is 5.32 Å². The molecule has 1 heterocycles. The molecule has 2 N–H and O–H groups in total. The van der Waals surface area contributed by atoms with E-state index in [1.165, 1.54) is 12.5 Å². The summed E-state index contributed by atoms with van der Waals surface area (Å²) in [6, 6.07) is 1.56. The molecule has 1 aromatic heterocycles. The van der Waals surface area contributed by atoms with Gasteiger partial charge in [-0.1, -0.05) is 11.8 Å². The first-order valence-electron chi connectivity index (χ1n) is 3.71. The summed E-state index contributed by atoms with van der Waals surface area (Å²) in [5.74, 6) is 4.75. The lowest BCUT2D eigenvalue weighted by Crippen LogP contribution is -2.22. The number of rotatable bonds is 2. The second-order valence-corrected chi connectivity index (χ2v) is 2.21. The van der Waals surface area contributed by atoms with Crippen molar-refractivity contribution in [2.24, 2.45) is 0 Å². The maximum atomic E-state index is 11.2. The molecule has 0 fully saturated rings. The number of carbonyl (C=O) groups excluding carboxylic acids is 1. The van der Waals surface area contributed by atoms with Crippen molar-refractivity contribution < 1.29 is 14.3 Å². The molecule has 0 spiro atoms. The van der Waals surface area contributed by atoms with Crippen LogP contribution in [0.2, 0.25) is 0 Å². The molecule has 0 bridgehead atoms. The number of amides is 1. The van der Waals surface area contributed by atoms with Gasteiger partial charge in [0.2, 0.25) is 0 Å². The molecular formula is C9H9NO3. The second kappa shape index (κ2) is 5.01. The predicted molar refractivity (Wildman–Crippen MR) is 45.9 cm³/mol. The summed E-state index contributed by atoms with van der Waals surface area (Å²) in [5, 5.41) is 10.9. The van der Waals surface area contributed by atoms with Gasteiger partial charge in [0.15, 0.2) is 0 Å². The monoisotopic (exact) mass is 179 g/mol. The molecule has 0 saturated carbocycles. The molecule has 1 amide bonds. The summed E-state index contributed by atoms with van der Waals surface area (Å²) in [6.45, 7) is 0.0339. The van der Waals surface area contributed by atoms with Gasteiger partial charge in [-0.15, -0.1) is 0 Å². The Balaban J connectivity index is 2.35. The van der Waals surface area contributed by atoms with Crippen molar-refractivity contribution >= 4 is 5.91 Å². The van der Waals surface area contributed by atoms with E-state index >= 15 is 0 Å². The summed E-state index contributed by atoms with van der Waals surface area (Å²) in [5.41, 5.74) is 0.464. The van der Waals surface area contributed by atoms with Gasteiger partial charge >= 0.3 is 0 Å². The first-order valence-corrected chi connectivity index (χ1v) is 3.71. The average molecular weight is 179 g/mol. The molecule has 1 aromatic rings. The van der Waals surface area contributed by atoms with E-state index in [0.717, 1.165) is 0 Å². The van der Waals surface area contributed by atoms with Crippen molar-refractivity contribution in [3.8, 4) is 11.8 Å². The maximum Gasteiger partial charge on any atom is 0.255 e. The molecule has 0 saturated heterocycles. The Hall–Kier alpha value is -1.73. The first-order chi connectivity index (χ1) is 6.34. The third kappa shape index (κ3) is 3.01. The lowest BCUT2D eigenvalue weighted by Gasteiger charge is -1.95. The Bertz CT molecular complexity index is 318. The Labute approximate surface area is 75.6 Å². The number of nitrogens with one attached hydrogen (secondary N) is 1. The minimum absolute atomic E-state index is 0.193. The topological polar surface area (TPSA) is 62.5 Å². The highest BCUT2D eigenvalue weighted by Crippen LogP contribution is 1.98. The first kappa shape index (κ1) is 9.36. The zero-order valence-corrected chi connectivity index (χ0v) is 6.91. The van der Waals surface area contributed by atoms with Crippen molar-refractivity contribution in [2.75, 3.05) is 13.2 Å². The summed E-state index contributed by atoms with van der Waals surface area (Å²) < 4.78 is 4.73. The zero-order chi connectivity index (χ0) is 9.52. The van der Waals surface area contributed by atoms with Gasteiger partial charge < -0.3 is 14.8 Å². The van der Waals surface area contributed by atoms with Crippen LogP contribution in [0.4, 0.5) is 0 Å². The number of aliphatic hydroxyl groups is 1. The van der Waals surface area contributed by atoms with Crippen molar-refractivity contribution in [3.05, 3.63) is 24.2 Å². The van der Waals surface area contributed by atoms with E-state index in [1.54, 1.807) is 6.07 Å². The maximum absolute atomic E-state index is 11.2. The molecule has 0 aliphatic carbocycles. The molecule has 4 nitrogen and oxygen atoms in total. The van der Waals surface area contributed by atoms with Crippen LogP contribution in [0.15, 0.2) is 23.0 Å². The number of hydrogen-bond donors (Lipinski definition) is 2. The van der Waals surface area contributed by atoms with Crippen molar-refractivity contribution in [3.63, 3.8) is 0 Å². The van der Waals surface area contributed by atoms with Crippen LogP contribution in [-0.2, 0) is 0 Å². The average Bonchev–Trinajstić information content (AvgIpc) is 2.65. The van der Waals surface area contributed by atoms with E-state index in [0.29, 0.717) is 5.56 Å². The fourth-order valence-corrected chi connectivity index (χ4v) is 0.739. The van der Waals surface area contributed by atoms with Gasteiger partial charge in [-0.05, 0) is 6.07 Å². The minimum Gasteiger partial charge on any atom is -0.472 e. The Morgan fingerprint density at radius 2 is 2.46 bits per heavy atom. The van der Waals surface area contributed by atoms with Crippen LogP contribution in [0.3, 0.4) is 0 Å². The standard InChI is InChI=1S/C9H9NO3/c11-5-2-1-4-10-9(12)8-3-6-13-7-8/h3,6-7,11H,4-5H2,(H,10,12). The molecule has 0 aliphatic rings. The van der Waals surface area contributed by atoms with E-state index in [1.807, 2.05) is 0 Å². The molecule has 13 heavy (non-hydrogen) atoms. The highest BCUT2D eigenvalue weighted by atomic mass is 16.3. The normalized spacial score (nSPS) is 8.69. The third-order valence-electron chi connectivity index (χ3n) is 1.32. The van der Waals surface area contributed by atoms with Crippen molar-refractivity contribution in [1.82, 2.24) is 5.32 Å². The SMILES string of the molecule is O=C(NCC#CCO)c1ccoc1. The molecule has 4 heteroatoms. The second-order valence-electron chi connectivity index (χ2n) is 2.21. The number of furan rings is 1. The highest BCUT2D eigenvalue weighted by molar-refractivity contribution is 5.93. The Morgan fingerprint density at radius 1 is 1.62 bits per heavy atom. The predicted octanol–water partition coefficient (Wildman–Crippen LogP) is 0.00510. The van der Waals surface area contributed by atoms with Gasteiger partial charge in [0.25, 0.3) is 5.91 Å². The lowest BCUT2D eigenvalue weighted by molar-refractivity contribution is 0.0958. The highest BCUT2D eigenvalue weighted by Gasteiger charge is 2.03. The van der Waals surface area contributed by atoms with Crippen LogP contribution >= 0.6 is 0 Å². The summed E-state index contributed by atoms with van der Waals surface area (Å²) >= 11 is 0. The fourth-order valence-electron chi connectivity index (χ4n) is 0.739. The minimum atomic E-state index is -0.235. The number of carbonyl (C=O) groups is 1. The van der Waals surface area contributed by atoms with Crippen LogP contribution in [0.5, 0.6) is 0 Å². The van der Waals surface area contributed by atoms with E-state index < -0.39 is 0 Å². The van der Waals surface area contributed by atoms with E-state index in [9.17, 15) is 4.79 Å². The quantitative estimate of drug-likeness (QED) is 0.628. The third-order valence-corrected chi connectivity index (χ3v) is 1.32. The summed E-state index contributed by atoms with van der Waals surface area (Å²) in [6.07, 6.45) is 2.78. The molecule has 0 aromatic carbocycles. The number of aliphatic hydroxyl groups excluding tert-OH is 1. The van der Waals surface area contributed by atoms with Gasteiger partial charge in [0.1, 0.15) is 12.9 Å².